The van der Waals surface area contributed by atoms with E-state index in [1.54, 1.807) is 6.07 Å². The summed E-state index contributed by atoms with van der Waals surface area (Å²) < 4.78 is 18.1. The topological polar surface area (TPSA) is 44.7 Å². The van der Waals surface area contributed by atoms with Gasteiger partial charge in [0.15, 0.2) is 0 Å². The summed E-state index contributed by atoms with van der Waals surface area (Å²) in [5.74, 6) is 0.0983. The van der Waals surface area contributed by atoms with E-state index in [1.807, 2.05) is 0 Å². The number of anilines is 1. The van der Waals surface area contributed by atoms with Crippen LogP contribution in [0.1, 0.15) is 13.8 Å². The number of aliphatic hydroxyl groups excluding tert-OH is 1. The minimum Gasteiger partial charge on any atom is -0.494 e. The molecule has 0 heterocycles. The summed E-state index contributed by atoms with van der Waals surface area (Å²) in [7, 11) is 1.49. The Balaban J connectivity index is 2.52. The van der Waals surface area contributed by atoms with Crippen molar-refractivity contribution in [2.24, 2.45) is 0 Å². The Morgan fingerprint density at radius 3 is 2.63 bits per heavy atom. The van der Waals surface area contributed by atoms with E-state index < -0.39 is 6.10 Å². The molecule has 5 heteroatoms. The lowest BCUT2D eigenvalue weighted by Gasteiger charge is -2.22. The van der Waals surface area contributed by atoms with Gasteiger partial charge in [0, 0.05) is 19.2 Å². The third-order valence-electron chi connectivity index (χ3n) is 3.06. The standard InChI is InChI=1S/C14H23FN2O2/c1-4-17(5-2)10-12(18)9-16-13-7-6-11(15)8-14(13)19-3/h6-8,12,16,18H,4-5,9-10H2,1-3H3. The van der Waals surface area contributed by atoms with Crippen LogP contribution >= 0.6 is 0 Å². The molecule has 0 spiro atoms. The minimum absolute atomic E-state index is 0.342. The summed E-state index contributed by atoms with van der Waals surface area (Å²) >= 11 is 0. The van der Waals surface area contributed by atoms with Crippen molar-refractivity contribution in [2.45, 2.75) is 20.0 Å². The molecule has 0 aromatic heterocycles. The number of benzene rings is 1. The van der Waals surface area contributed by atoms with Gasteiger partial charge >= 0.3 is 0 Å². The zero-order valence-corrected chi connectivity index (χ0v) is 11.8. The van der Waals surface area contributed by atoms with Crippen molar-refractivity contribution in [3.05, 3.63) is 24.0 Å². The molecule has 0 amide bonds. The quantitative estimate of drug-likeness (QED) is 0.758. The Morgan fingerprint density at radius 1 is 1.37 bits per heavy atom. The summed E-state index contributed by atoms with van der Waals surface area (Å²) in [6, 6.07) is 4.29. The van der Waals surface area contributed by atoms with Crippen molar-refractivity contribution in [3.8, 4) is 5.75 Å². The molecule has 1 rings (SSSR count). The van der Waals surface area contributed by atoms with E-state index in [1.165, 1.54) is 19.2 Å². The second-order valence-electron chi connectivity index (χ2n) is 4.37. The maximum Gasteiger partial charge on any atom is 0.144 e. The summed E-state index contributed by atoms with van der Waals surface area (Å²) in [4.78, 5) is 2.15. The third-order valence-corrected chi connectivity index (χ3v) is 3.06. The highest BCUT2D eigenvalue weighted by atomic mass is 19.1. The van der Waals surface area contributed by atoms with Gasteiger partial charge in [0.05, 0.1) is 18.9 Å². The normalized spacial score (nSPS) is 12.5. The summed E-state index contributed by atoms with van der Waals surface area (Å²) in [6.07, 6.45) is -0.477. The van der Waals surface area contributed by atoms with Crippen LogP contribution in [0.15, 0.2) is 18.2 Å². The molecule has 1 aromatic carbocycles. The lowest BCUT2D eigenvalue weighted by atomic mass is 10.2. The Kier molecular flexibility index (Phi) is 6.59. The zero-order chi connectivity index (χ0) is 14.3. The van der Waals surface area contributed by atoms with Crippen molar-refractivity contribution in [3.63, 3.8) is 0 Å². The van der Waals surface area contributed by atoms with Crippen LogP contribution in [0.5, 0.6) is 5.75 Å². The number of aliphatic hydroxyl groups is 1. The monoisotopic (exact) mass is 270 g/mol. The smallest absolute Gasteiger partial charge is 0.144 e. The van der Waals surface area contributed by atoms with Gasteiger partial charge in [-0.15, -0.1) is 0 Å². The highest BCUT2D eigenvalue weighted by molar-refractivity contribution is 5.56. The Morgan fingerprint density at radius 2 is 2.05 bits per heavy atom. The van der Waals surface area contributed by atoms with Gasteiger partial charge in [0.25, 0.3) is 0 Å². The van der Waals surface area contributed by atoms with E-state index in [2.05, 4.69) is 24.1 Å². The van der Waals surface area contributed by atoms with Crippen LogP contribution in [-0.4, -0.2) is 49.4 Å². The molecule has 0 aliphatic rings. The molecule has 19 heavy (non-hydrogen) atoms. The highest BCUT2D eigenvalue weighted by Crippen LogP contribution is 2.24. The van der Waals surface area contributed by atoms with Crippen molar-refractivity contribution < 1.29 is 14.2 Å². The predicted octanol–water partition coefficient (Wildman–Crippen LogP) is 1.95. The molecule has 1 unspecified atom stereocenters. The summed E-state index contributed by atoms with van der Waals surface area (Å²) in [6.45, 7) is 6.96. The Hall–Kier alpha value is -1.33. The number of nitrogens with zero attached hydrogens (tertiary/aromatic N) is 1. The molecule has 2 N–H and O–H groups in total. The van der Waals surface area contributed by atoms with Crippen LogP contribution in [0.25, 0.3) is 0 Å². The fraction of sp³-hybridized carbons (Fsp3) is 0.571. The molecule has 0 aliphatic carbocycles. The van der Waals surface area contributed by atoms with E-state index in [9.17, 15) is 9.50 Å². The third kappa shape index (κ3) is 5.04. The maximum atomic E-state index is 13.0. The molecule has 0 bridgehead atoms. The average molecular weight is 270 g/mol. The Bertz CT molecular complexity index is 384. The number of hydrogen-bond acceptors (Lipinski definition) is 4. The Labute approximate surface area is 114 Å². The second-order valence-corrected chi connectivity index (χ2v) is 4.37. The number of likely N-dealkylation sites (N-methyl/N-ethyl adjacent to an activating group) is 1. The lowest BCUT2D eigenvalue weighted by molar-refractivity contribution is 0.128. The minimum atomic E-state index is -0.477. The zero-order valence-electron chi connectivity index (χ0n) is 11.8. The fourth-order valence-corrected chi connectivity index (χ4v) is 1.88. The van der Waals surface area contributed by atoms with Gasteiger partial charge in [-0.1, -0.05) is 13.8 Å². The highest BCUT2D eigenvalue weighted by Gasteiger charge is 2.10. The van der Waals surface area contributed by atoms with Crippen LogP contribution in [0.3, 0.4) is 0 Å². The number of nitrogens with one attached hydrogen (secondary N) is 1. The number of hydrogen-bond donors (Lipinski definition) is 2. The van der Waals surface area contributed by atoms with E-state index in [0.717, 1.165) is 13.1 Å². The summed E-state index contributed by atoms with van der Waals surface area (Å²) in [5, 5.41) is 13.0. The molecule has 0 saturated heterocycles. The van der Waals surface area contributed by atoms with Crippen LogP contribution in [-0.2, 0) is 0 Å². The van der Waals surface area contributed by atoms with Crippen molar-refractivity contribution >= 4 is 5.69 Å². The van der Waals surface area contributed by atoms with Crippen LogP contribution in [0.2, 0.25) is 0 Å². The molecular weight excluding hydrogens is 247 g/mol. The van der Waals surface area contributed by atoms with Gasteiger partial charge in [-0.3, -0.25) is 0 Å². The number of methoxy groups -OCH3 is 1. The first-order chi connectivity index (χ1) is 9.10. The van der Waals surface area contributed by atoms with E-state index in [0.29, 0.717) is 24.5 Å². The first-order valence-corrected chi connectivity index (χ1v) is 6.58. The largest absolute Gasteiger partial charge is 0.494 e. The van der Waals surface area contributed by atoms with Crippen LogP contribution in [0, 0.1) is 5.82 Å². The maximum absolute atomic E-state index is 13.0. The second kappa shape index (κ2) is 7.96. The number of halogens is 1. The average Bonchev–Trinajstić information content (AvgIpc) is 2.43. The van der Waals surface area contributed by atoms with Gasteiger partial charge in [-0.2, -0.15) is 0 Å². The van der Waals surface area contributed by atoms with Gasteiger partial charge in [-0.25, -0.2) is 4.39 Å². The van der Waals surface area contributed by atoms with Crippen LogP contribution < -0.4 is 10.1 Å². The predicted molar refractivity (Wildman–Crippen MR) is 75.2 cm³/mol. The molecule has 0 aliphatic heterocycles. The first-order valence-electron chi connectivity index (χ1n) is 6.58. The first kappa shape index (κ1) is 15.7. The van der Waals surface area contributed by atoms with Gasteiger partial charge in [0.2, 0.25) is 0 Å². The van der Waals surface area contributed by atoms with Crippen molar-refractivity contribution in [1.82, 2.24) is 4.90 Å². The number of ether oxygens (including phenoxy) is 1. The van der Waals surface area contributed by atoms with Crippen LogP contribution in [0.4, 0.5) is 10.1 Å². The van der Waals surface area contributed by atoms with Crippen molar-refractivity contribution in [2.75, 3.05) is 38.6 Å². The van der Waals surface area contributed by atoms with Crippen molar-refractivity contribution in [1.29, 1.82) is 0 Å². The van der Waals surface area contributed by atoms with E-state index in [4.69, 9.17) is 4.74 Å². The molecule has 0 radical (unpaired) electrons. The molecule has 108 valence electrons. The molecule has 4 nitrogen and oxygen atoms in total. The van der Waals surface area contributed by atoms with E-state index >= 15 is 0 Å². The van der Waals surface area contributed by atoms with Gasteiger partial charge < -0.3 is 20.1 Å². The fourth-order valence-electron chi connectivity index (χ4n) is 1.88. The SMILES string of the molecule is CCN(CC)CC(O)CNc1ccc(F)cc1OC. The molecular formula is C14H23FN2O2. The lowest BCUT2D eigenvalue weighted by Crippen LogP contribution is -2.35. The summed E-state index contributed by atoms with van der Waals surface area (Å²) in [5.41, 5.74) is 0.683. The van der Waals surface area contributed by atoms with E-state index in [-0.39, 0.29) is 5.82 Å². The van der Waals surface area contributed by atoms with Gasteiger partial charge in [0.1, 0.15) is 11.6 Å². The molecule has 0 saturated carbocycles. The molecule has 0 fully saturated rings. The number of rotatable bonds is 8. The molecule has 1 aromatic rings. The molecule has 1 atom stereocenters. The van der Waals surface area contributed by atoms with Gasteiger partial charge in [-0.05, 0) is 25.2 Å².